The van der Waals surface area contributed by atoms with Crippen LogP contribution in [0.1, 0.15) is 31.4 Å². The third-order valence-electron chi connectivity index (χ3n) is 4.18. The zero-order valence-corrected chi connectivity index (χ0v) is 14.5. The van der Waals surface area contributed by atoms with Crippen LogP contribution in [0.25, 0.3) is 0 Å². The van der Waals surface area contributed by atoms with E-state index in [1.165, 1.54) is 23.3 Å². The van der Waals surface area contributed by atoms with Gasteiger partial charge in [0.25, 0.3) is 11.8 Å². The number of benzene rings is 2. The lowest BCUT2D eigenvalue weighted by molar-refractivity contribution is -0.119. The third-order valence-corrected chi connectivity index (χ3v) is 4.18. The minimum absolute atomic E-state index is 0.321. The zero-order valence-electron chi connectivity index (χ0n) is 14.5. The monoisotopic (exact) mass is 335 g/mol. The molecule has 128 valence electrons. The highest BCUT2D eigenvalue weighted by Crippen LogP contribution is 2.29. The Morgan fingerprint density at radius 3 is 2.20 bits per heavy atom. The van der Waals surface area contributed by atoms with Crippen molar-refractivity contribution in [3.05, 3.63) is 65.7 Å². The highest BCUT2D eigenvalue weighted by molar-refractivity contribution is 6.28. The van der Waals surface area contributed by atoms with Gasteiger partial charge in [-0.05, 0) is 54.3 Å². The molecule has 4 nitrogen and oxygen atoms in total. The number of anilines is 1. The van der Waals surface area contributed by atoms with E-state index in [4.69, 9.17) is 4.74 Å². The lowest BCUT2D eigenvalue weighted by Gasteiger charge is -2.15. The first-order valence-electron chi connectivity index (χ1n) is 8.58. The SMILES string of the molecule is CCCc1ccc(Oc2ccc(N3C(=O)C=CC3=O)cc2)c(CC)c1. The molecule has 0 fully saturated rings. The molecule has 0 radical (unpaired) electrons. The van der Waals surface area contributed by atoms with Gasteiger partial charge in [-0.25, -0.2) is 4.90 Å². The molecule has 0 N–H and O–H groups in total. The van der Waals surface area contributed by atoms with Gasteiger partial charge in [-0.1, -0.05) is 32.4 Å². The van der Waals surface area contributed by atoms with E-state index in [9.17, 15) is 9.59 Å². The summed E-state index contributed by atoms with van der Waals surface area (Å²) in [4.78, 5) is 24.6. The minimum Gasteiger partial charge on any atom is -0.457 e. The second-order valence-electron chi connectivity index (χ2n) is 5.99. The number of ether oxygens (including phenoxy) is 1. The van der Waals surface area contributed by atoms with Crippen LogP contribution >= 0.6 is 0 Å². The van der Waals surface area contributed by atoms with Crippen LogP contribution in [0.4, 0.5) is 5.69 Å². The molecule has 0 atom stereocenters. The van der Waals surface area contributed by atoms with E-state index in [0.717, 1.165) is 29.9 Å². The first kappa shape index (κ1) is 17.0. The second-order valence-corrected chi connectivity index (χ2v) is 5.99. The molecular weight excluding hydrogens is 314 g/mol. The molecule has 0 aromatic heterocycles. The molecule has 0 saturated heterocycles. The zero-order chi connectivity index (χ0) is 17.8. The van der Waals surface area contributed by atoms with Gasteiger partial charge in [0, 0.05) is 12.2 Å². The molecular formula is C21H21NO3. The molecule has 0 saturated carbocycles. The highest BCUT2D eigenvalue weighted by atomic mass is 16.5. The molecule has 2 aromatic rings. The number of nitrogens with zero attached hydrogens (tertiary/aromatic N) is 1. The highest BCUT2D eigenvalue weighted by Gasteiger charge is 2.24. The number of rotatable bonds is 6. The maximum atomic E-state index is 11.7. The van der Waals surface area contributed by atoms with Gasteiger partial charge in [0.2, 0.25) is 0 Å². The molecule has 0 bridgehead atoms. The first-order valence-corrected chi connectivity index (χ1v) is 8.58. The number of hydrogen-bond donors (Lipinski definition) is 0. The van der Waals surface area contributed by atoms with Gasteiger partial charge in [0.05, 0.1) is 5.69 Å². The van der Waals surface area contributed by atoms with Crippen LogP contribution < -0.4 is 9.64 Å². The van der Waals surface area contributed by atoms with E-state index in [1.807, 2.05) is 6.07 Å². The average molecular weight is 335 g/mol. The van der Waals surface area contributed by atoms with Crippen LogP contribution in [0.15, 0.2) is 54.6 Å². The van der Waals surface area contributed by atoms with Crippen molar-refractivity contribution in [2.75, 3.05) is 4.90 Å². The van der Waals surface area contributed by atoms with Gasteiger partial charge in [-0.2, -0.15) is 0 Å². The topological polar surface area (TPSA) is 46.6 Å². The Kier molecular flexibility index (Phi) is 4.98. The van der Waals surface area contributed by atoms with E-state index >= 15 is 0 Å². The lowest BCUT2D eigenvalue weighted by atomic mass is 10.0. The summed E-state index contributed by atoms with van der Waals surface area (Å²) in [7, 11) is 0. The van der Waals surface area contributed by atoms with Crippen molar-refractivity contribution in [3.8, 4) is 11.5 Å². The van der Waals surface area contributed by atoms with Crippen molar-refractivity contribution in [2.45, 2.75) is 33.1 Å². The van der Waals surface area contributed by atoms with Gasteiger partial charge >= 0.3 is 0 Å². The maximum absolute atomic E-state index is 11.7. The second kappa shape index (κ2) is 7.34. The van der Waals surface area contributed by atoms with Gasteiger partial charge in [0.1, 0.15) is 11.5 Å². The fraction of sp³-hybridized carbons (Fsp3) is 0.238. The summed E-state index contributed by atoms with van der Waals surface area (Å²) in [6.07, 6.45) is 5.63. The lowest BCUT2D eigenvalue weighted by Crippen LogP contribution is -2.29. The molecule has 4 heteroatoms. The third kappa shape index (κ3) is 3.63. The van der Waals surface area contributed by atoms with Crippen LogP contribution in [0.2, 0.25) is 0 Å². The molecule has 0 aliphatic carbocycles. The number of carbonyl (C=O) groups is 2. The smallest absolute Gasteiger partial charge is 0.258 e. The van der Waals surface area contributed by atoms with E-state index in [0.29, 0.717) is 11.4 Å². The average Bonchev–Trinajstić information content (AvgIpc) is 2.96. The minimum atomic E-state index is -0.321. The predicted octanol–water partition coefficient (Wildman–Crippen LogP) is 4.42. The first-order chi connectivity index (χ1) is 12.1. The standard InChI is InChI=1S/C21H21NO3/c1-3-5-15-6-11-19(16(4-2)14-15)25-18-9-7-17(8-10-18)22-20(23)12-13-21(22)24/h6-14H,3-5H2,1-2H3. The fourth-order valence-electron chi connectivity index (χ4n) is 2.90. The van der Waals surface area contributed by atoms with Crippen molar-refractivity contribution >= 4 is 17.5 Å². The summed E-state index contributed by atoms with van der Waals surface area (Å²) in [5, 5.41) is 0. The number of carbonyl (C=O) groups excluding carboxylic acids is 2. The molecule has 1 heterocycles. The molecule has 0 unspecified atom stereocenters. The summed E-state index contributed by atoms with van der Waals surface area (Å²) >= 11 is 0. The Morgan fingerprint density at radius 1 is 0.920 bits per heavy atom. The summed E-state index contributed by atoms with van der Waals surface area (Å²) in [5.41, 5.74) is 3.03. The normalized spacial score (nSPS) is 13.6. The van der Waals surface area contributed by atoms with Crippen LogP contribution in [0.5, 0.6) is 11.5 Å². The molecule has 3 rings (SSSR count). The van der Waals surface area contributed by atoms with Gasteiger partial charge in [-0.3, -0.25) is 9.59 Å². The van der Waals surface area contributed by atoms with Crippen LogP contribution in [-0.4, -0.2) is 11.8 Å². The van der Waals surface area contributed by atoms with Crippen molar-refractivity contribution in [1.29, 1.82) is 0 Å². The molecule has 0 spiro atoms. The Bertz CT molecular complexity index is 804. The van der Waals surface area contributed by atoms with Gasteiger partial charge in [-0.15, -0.1) is 0 Å². The van der Waals surface area contributed by atoms with Crippen LogP contribution in [0.3, 0.4) is 0 Å². The molecule has 25 heavy (non-hydrogen) atoms. The fourth-order valence-corrected chi connectivity index (χ4v) is 2.90. The van der Waals surface area contributed by atoms with Crippen LogP contribution in [-0.2, 0) is 22.4 Å². The molecule has 1 aliphatic rings. The van der Waals surface area contributed by atoms with E-state index in [-0.39, 0.29) is 11.8 Å². The summed E-state index contributed by atoms with van der Waals surface area (Å²) in [5.74, 6) is 0.871. The summed E-state index contributed by atoms with van der Waals surface area (Å²) in [6, 6.07) is 13.3. The van der Waals surface area contributed by atoms with Crippen molar-refractivity contribution in [2.24, 2.45) is 0 Å². The van der Waals surface area contributed by atoms with E-state index < -0.39 is 0 Å². The summed E-state index contributed by atoms with van der Waals surface area (Å²) < 4.78 is 6.00. The Hall–Kier alpha value is -2.88. The number of amides is 2. The van der Waals surface area contributed by atoms with E-state index in [1.54, 1.807) is 24.3 Å². The van der Waals surface area contributed by atoms with Crippen molar-refractivity contribution < 1.29 is 14.3 Å². The van der Waals surface area contributed by atoms with Crippen molar-refractivity contribution in [1.82, 2.24) is 0 Å². The van der Waals surface area contributed by atoms with E-state index in [2.05, 4.69) is 26.0 Å². The quantitative estimate of drug-likeness (QED) is 0.734. The number of imide groups is 1. The number of aryl methyl sites for hydroxylation is 2. The van der Waals surface area contributed by atoms with Gasteiger partial charge < -0.3 is 4.74 Å². The van der Waals surface area contributed by atoms with Gasteiger partial charge in [0.15, 0.2) is 0 Å². The Morgan fingerprint density at radius 2 is 1.60 bits per heavy atom. The molecule has 2 amide bonds. The predicted molar refractivity (Wildman–Crippen MR) is 98.0 cm³/mol. The Balaban J connectivity index is 1.78. The Labute approximate surface area is 147 Å². The molecule has 1 aliphatic heterocycles. The van der Waals surface area contributed by atoms with Crippen molar-refractivity contribution in [3.63, 3.8) is 0 Å². The number of hydrogen-bond acceptors (Lipinski definition) is 3. The maximum Gasteiger partial charge on any atom is 0.258 e. The largest absolute Gasteiger partial charge is 0.457 e. The molecule has 2 aromatic carbocycles. The van der Waals surface area contributed by atoms with Crippen LogP contribution in [0, 0.1) is 0 Å². The summed E-state index contributed by atoms with van der Waals surface area (Å²) in [6.45, 7) is 4.28.